The highest BCUT2D eigenvalue weighted by Gasteiger charge is 2.48. The van der Waals surface area contributed by atoms with E-state index in [0.717, 1.165) is 44.5 Å². The monoisotopic (exact) mass is 466 g/mol. The van der Waals surface area contributed by atoms with Crippen molar-refractivity contribution in [2.24, 2.45) is 0 Å². The van der Waals surface area contributed by atoms with E-state index >= 15 is 0 Å². The molecule has 184 valence electrons. The Balaban J connectivity index is 1.44. The molecule has 0 radical (unpaired) electrons. The summed E-state index contributed by atoms with van der Waals surface area (Å²) in [6.07, 6.45) is 10.9. The van der Waals surface area contributed by atoms with Crippen LogP contribution in [0, 0.1) is 0 Å². The van der Waals surface area contributed by atoms with Crippen LogP contribution < -0.4 is 5.32 Å². The van der Waals surface area contributed by atoms with Gasteiger partial charge in [0.15, 0.2) is 0 Å². The lowest BCUT2D eigenvalue weighted by atomic mass is 9.91. The Kier molecular flexibility index (Phi) is 6.56. The molecule has 1 saturated heterocycles. The number of fused-ring (bicyclic) bond motifs is 1. The van der Waals surface area contributed by atoms with E-state index in [9.17, 15) is 9.59 Å². The Morgan fingerprint density at radius 2 is 1.82 bits per heavy atom. The molecule has 5 rings (SSSR count). The third-order valence-corrected chi connectivity index (χ3v) is 8.26. The number of hydrogen-bond donors (Lipinski definition) is 1. The van der Waals surface area contributed by atoms with Gasteiger partial charge in [-0.1, -0.05) is 25.7 Å². The van der Waals surface area contributed by atoms with Crippen LogP contribution in [-0.4, -0.2) is 63.4 Å². The zero-order valence-corrected chi connectivity index (χ0v) is 20.6. The number of amides is 2. The molecule has 7 heteroatoms. The quantitative estimate of drug-likeness (QED) is 0.690. The maximum Gasteiger partial charge on any atom is 0.271 e. The summed E-state index contributed by atoms with van der Waals surface area (Å²) in [6, 6.07) is 8.27. The third kappa shape index (κ3) is 4.30. The van der Waals surface area contributed by atoms with Gasteiger partial charge in [0, 0.05) is 25.2 Å². The van der Waals surface area contributed by atoms with Gasteiger partial charge in [0.05, 0.1) is 18.5 Å². The predicted molar refractivity (Wildman–Crippen MR) is 131 cm³/mol. The molecule has 2 aliphatic heterocycles. The second-order valence-electron chi connectivity index (χ2n) is 10.6. The van der Waals surface area contributed by atoms with Gasteiger partial charge in [0.25, 0.3) is 5.91 Å². The summed E-state index contributed by atoms with van der Waals surface area (Å²) in [5.74, 6) is 0.601. The van der Waals surface area contributed by atoms with Gasteiger partial charge in [-0.15, -0.1) is 0 Å². The van der Waals surface area contributed by atoms with E-state index in [0.29, 0.717) is 30.6 Å². The van der Waals surface area contributed by atoms with Crippen molar-refractivity contribution in [1.29, 1.82) is 0 Å². The lowest BCUT2D eigenvalue weighted by Gasteiger charge is -2.46. The number of nitrogens with one attached hydrogen (secondary N) is 1. The molecule has 34 heavy (non-hydrogen) atoms. The highest BCUT2D eigenvalue weighted by molar-refractivity contribution is 6.00. The van der Waals surface area contributed by atoms with E-state index < -0.39 is 5.54 Å². The minimum absolute atomic E-state index is 0.0378. The first-order chi connectivity index (χ1) is 16.5. The molecule has 2 amide bonds. The van der Waals surface area contributed by atoms with Crippen molar-refractivity contribution in [2.45, 2.75) is 89.4 Å². The van der Waals surface area contributed by atoms with Gasteiger partial charge < -0.3 is 19.2 Å². The Morgan fingerprint density at radius 1 is 1.06 bits per heavy atom. The van der Waals surface area contributed by atoms with Crippen molar-refractivity contribution in [1.82, 2.24) is 19.7 Å². The number of nitrogens with zero attached hydrogens (tertiary/aromatic N) is 3. The van der Waals surface area contributed by atoms with Crippen LogP contribution in [0.5, 0.6) is 0 Å². The molecule has 2 aromatic heterocycles. The Morgan fingerprint density at radius 3 is 2.56 bits per heavy atom. The molecule has 4 heterocycles. The summed E-state index contributed by atoms with van der Waals surface area (Å²) in [5.41, 5.74) is 0.511. The van der Waals surface area contributed by atoms with Gasteiger partial charge in [-0.05, 0) is 70.3 Å². The van der Waals surface area contributed by atoms with E-state index in [1.54, 1.807) is 6.26 Å². The molecule has 1 aliphatic carbocycles. The van der Waals surface area contributed by atoms with Gasteiger partial charge in [0.2, 0.25) is 5.91 Å². The normalized spacial score (nSPS) is 26.5. The second-order valence-corrected chi connectivity index (χ2v) is 10.6. The Bertz CT molecular complexity index is 1010. The van der Waals surface area contributed by atoms with Crippen LogP contribution in [0.3, 0.4) is 0 Å². The van der Waals surface area contributed by atoms with Gasteiger partial charge in [-0.3, -0.25) is 14.5 Å². The minimum atomic E-state index is -0.957. The summed E-state index contributed by atoms with van der Waals surface area (Å²) in [5, 5.41) is 3.32. The zero-order valence-electron chi connectivity index (χ0n) is 20.6. The van der Waals surface area contributed by atoms with Crippen LogP contribution in [0.15, 0.2) is 34.9 Å². The molecule has 2 aromatic rings. The first-order valence-corrected chi connectivity index (χ1v) is 13.1. The minimum Gasteiger partial charge on any atom is -0.463 e. The fourth-order valence-corrected chi connectivity index (χ4v) is 6.07. The van der Waals surface area contributed by atoms with Crippen molar-refractivity contribution >= 4 is 11.8 Å². The number of furan rings is 1. The molecule has 3 aliphatic rings. The molecular weight excluding hydrogens is 428 g/mol. The van der Waals surface area contributed by atoms with Crippen LogP contribution in [0.25, 0.3) is 11.5 Å². The van der Waals surface area contributed by atoms with Crippen molar-refractivity contribution in [3.05, 3.63) is 36.2 Å². The zero-order chi connectivity index (χ0) is 23.7. The van der Waals surface area contributed by atoms with Crippen LogP contribution in [0.4, 0.5) is 0 Å². The molecule has 0 spiro atoms. The second kappa shape index (κ2) is 9.61. The molecule has 0 unspecified atom stereocenters. The molecule has 1 N–H and O–H groups in total. The summed E-state index contributed by atoms with van der Waals surface area (Å²) >= 11 is 0. The largest absolute Gasteiger partial charge is 0.463 e. The van der Waals surface area contributed by atoms with E-state index in [4.69, 9.17) is 4.42 Å². The fourth-order valence-electron chi connectivity index (χ4n) is 6.07. The topological polar surface area (TPSA) is 70.7 Å². The van der Waals surface area contributed by atoms with Gasteiger partial charge in [-0.25, -0.2) is 0 Å². The van der Waals surface area contributed by atoms with Crippen LogP contribution >= 0.6 is 0 Å². The average Bonchev–Trinajstić information content (AvgIpc) is 3.50. The summed E-state index contributed by atoms with van der Waals surface area (Å²) in [6.45, 7) is 7.05. The van der Waals surface area contributed by atoms with Crippen LogP contribution in [-0.2, 0) is 11.3 Å². The molecule has 7 nitrogen and oxygen atoms in total. The third-order valence-electron chi connectivity index (χ3n) is 8.26. The summed E-state index contributed by atoms with van der Waals surface area (Å²) < 4.78 is 7.62. The van der Waals surface area contributed by atoms with Gasteiger partial charge >= 0.3 is 0 Å². The Hall–Kier alpha value is -2.54. The SMILES string of the molecule is C[C@@H]1CCCCN1CCN1C(=O)c2ccc(-c3ccco3)n2C[C@]1(C)C(=O)NC1CCCCC1. The molecule has 0 aromatic carbocycles. The summed E-state index contributed by atoms with van der Waals surface area (Å²) in [4.78, 5) is 32.0. The number of rotatable bonds is 6. The lowest BCUT2D eigenvalue weighted by molar-refractivity contribution is -0.134. The number of carbonyl (C=O) groups is 2. The maximum atomic E-state index is 13.8. The summed E-state index contributed by atoms with van der Waals surface area (Å²) in [7, 11) is 0. The van der Waals surface area contributed by atoms with E-state index in [1.807, 2.05) is 40.7 Å². The molecule has 2 fully saturated rings. The van der Waals surface area contributed by atoms with E-state index in [-0.39, 0.29) is 17.9 Å². The lowest BCUT2D eigenvalue weighted by Crippen LogP contribution is -2.66. The fraction of sp³-hybridized carbons (Fsp3) is 0.630. The number of likely N-dealkylation sites (tertiary alicyclic amines) is 1. The number of aromatic nitrogens is 1. The maximum absolute atomic E-state index is 13.8. The van der Waals surface area contributed by atoms with Crippen molar-refractivity contribution in [3.8, 4) is 11.5 Å². The number of piperidine rings is 1. The smallest absolute Gasteiger partial charge is 0.271 e. The highest BCUT2D eigenvalue weighted by Crippen LogP contribution is 2.34. The van der Waals surface area contributed by atoms with Crippen LogP contribution in [0.2, 0.25) is 0 Å². The molecular formula is C27H38N4O3. The van der Waals surface area contributed by atoms with Gasteiger partial charge in [-0.2, -0.15) is 0 Å². The highest BCUT2D eigenvalue weighted by atomic mass is 16.3. The number of carbonyl (C=O) groups excluding carboxylic acids is 2. The van der Waals surface area contributed by atoms with Gasteiger partial charge in [0.1, 0.15) is 17.0 Å². The molecule has 1 saturated carbocycles. The first-order valence-electron chi connectivity index (χ1n) is 13.1. The van der Waals surface area contributed by atoms with Crippen molar-refractivity contribution < 1.29 is 14.0 Å². The van der Waals surface area contributed by atoms with E-state index in [2.05, 4.69) is 17.1 Å². The van der Waals surface area contributed by atoms with Crippen LogP contribution in [0.1, 0.15) is 75.7 Å². The Labute approximate surface area is 202 Å². The van der Waals surface area contributed by atoms with E-state index in [1.165, 1.54) is 25.7 Å². The molecule has 2 atom stereocenters. The van der Waals surface area contributed by atoms with Crippen molar-refractivity contribution in [3.63, 3.8) is 0 Å². The predicted octanol–water partition coefficient (Wildman–Crippen LogP) is 4.29. The first kappa shape index (κ1) is 23.2. The number of hydrogen-bond acceptors (Lipinski definition) is 4. The van der Waals surface area contributed by atoms with Crippen molar-refractivity contribution in [2.75, 3.05) is 19.6 Å². The standard InChI is InChI=1S/C27H38N4O3/c1-20-9-6-7-15-29(20)16-17-31-25(32)23-14-13-22(24-12-8-18-34-24)30(23)19-27(31,2)26(33)28-21-10-4-3-5-11-21/h8,12-14,18,20-21H,3-7,9-11,15-17,19H2,1-2H3,(H,28,33)/t20-,27-/m1/s1. The molecule has 0 bridgehead atoms. The average molecular weight is 467 g/mol.